The van der Waals surface area contributed by atoms with Crippen molar-refractivity contribution in [1.29, 1.82) is 0 Å². The molecule has 0 saturated carbocycles. The lowest BCUT2D eigenvalue weighted by atomic mass is 9.98. The number of anilines is 1. The van der Waals surface area contributed by atoms with Crippen molar-refractivity contribution < 1.29 is 22.8 Å². The van der Waals surface area contributed by atoms with E-state index in [0.717, 1.165) is 30.2 Å². The molecular weight excluding hydrogens is 398 g/mol. The van der Waals surface area contributed by atoms with Gasteiger partial charge in [0.05, 0.1) is 36.9 Å². The molecule has 4 nitrogen and oxygen atoms in total. The summed E-state index contributed by atoms with van der Waals surface area (Å²) in [5.41, 5.74) is 0.778. The van der Waals surface area contributed by atoms with Crippen molar-refractivity contribution in [1.82, 2.24) is 0 Å². The molecule has 2 heterocycles. The van der Waals surface area contributed by atoms with Crippen LogP contribution in [0.25, 0.3) is 11.1 Å². The first-order valence-electron chi connectivity index (χ1n) is 9.80. The van der Waals surface area contributed by atoms with Crippen molar-refractivity contribution >= 4 is 23.4 Å². The van der Waals surface area contributed by atoms with Crippen LogP contribution in [-0.4, -0.2) is 42.9 Å². The van der Waals surface area contributed by atoms with Gasteiger partial charge in [0, 0.05) is 31.2 Å². The molecule has 0 aromatic heterocycles. The number of carbonyl (C=O) groups is 1. The van der Waals surface area contributed by atoms with Crippen molar-refractivity contribution in [2.45, 2.75) is 43.9 Å². The highest BCUT2D eigenvalue weighted by Crippen LogP contribution is 2.40. The molecule has 2 unspecified atom stereocenters. The number of piperidine rings is 1. The Morgan fingerprint density at radius 2 is 1.79 bits per heavy atom. The molecule has 0 radical (unpaired) electrons. The van der Waals surface area contributed by atoms with E-state index >= 15 is 0 Å². The molecule has 4 rings (SSSR count). The second kappa shape index (κ2) is 7.58. The van der Waals surface area contributed by atoms with Crippen LogP contribution < -0.4 is 5.32 Å². The number of amides is 1. The van der Waals surface area contributed by atoms with Gasteiger partial charge in [-0.3, -0.25) is 5.32 Å². The summed E-state index contributed by atoms with van der Waals surface area (Å²) in [5.74, 6) is -1.13. The molecule has 1 amide bonds. The first-order valence-corrected chi connectivity index (χ1v) is 10.2. The maximum atomic E-state index is 14.5. The molecule has 0 aliphatic carbocycles. The zero-order valence-electron chi connectivity index (χ0n) is 16.4. The molecule has 2 aromatic carbocycles. The Bertz CT molecular complexity index is 934. The minimum absolute atomic E-state index is 0.113. The van der Waals surface area contributed by atoms with E-state index in [2.05, 4.69) is 19.4 Å². The van der Waals surface area contributed by atoms with Gasteiger partial charge in [-0.15, -0.1) is 0 Å². The van der Waals surface area contributed by atoms with Gasteiger partial charge in [0.2, 0.25) is 0 Å². The number of hydrogen-bond donors (Lipinski definition) is 1. The molecule has 7 heteroatoms. The maximum absolute atomic E-state index is 14.5. The molecule has 154 valence electrons. The first-order chi connectivity index (χ1) is 13.8. The van der Waals surface area contributed by atoms with E-state index in [-0.39, 0.29) is 22.4 Å². The van der Waals surface area contributed by atoms with Gasteiger partial charge in [-0.05, 0) is 29.8 Å². The van der Waals surface area contributed by atoms with Crippen LogP contribution in [0.3, 0.4) is 0 Å². The summed E-state index contributed by atoms with van der Waals surface area (Å²) in [7, 11) is 4.48. The van der Waals surface area contributed by atoms with E-state index in [4.69, 9.17) is 16.3 Å². The second-order valence-electron chi connectivity index (χ2n) is 8.43. The summed E-state index contributed by atoms with van der Waals surface area (Å²) in [4.78, 5) is 12.5. The molecule has 29 heavy (non-hydrogen) atoms. The second-order valence-corrected chi connectivity index (χ2v) is 8.84. The predicted molar refractivity (Wildman–Crippen MR) is 109 cm³/mol. The third kappa shape index (κ3) is 3.83. The summed E-state index contributed by atoms with van der Waals surface area (Å²) in [6, 6.07) is 9.29. The summed E-state index contributed by atoms with van der Waals surface area (Å²) >= 11 is 5.85. The Hall–Kier alpha value is -2.18. The summed E-state index contributed by atoms with van der Waals surface area (Å²) in [6.45, 7) is 0. The fraction of sp³-hybridized carbons (Fsp3) is 0.409. The number of carbonyl (C=O) groups excluding carboxylic acids is 1. The molecular formula is C22H24ClF2N2O2+. The maximum Gasteiger partial charge on any atom is 0.411 e. The molecule has 2 aliphatic rings. The smallest absolute Gasteiger partial charge is 0.411 e. The Labute approximate surface area is 174 Å². The average Bonchev–Trinajstić information content (AvgIpc) is 2.82. The Morgan fingerprint density at radius 1 is 1.10 bits per heavy atom. The van der Waals surface area contributed by atoms with Gasteiger partial charge in [0.1, 0.15) is 17.7 Å². The van der Waals surface area contributed by atoms with Crippen molar-refractivity contribution in [3.63, 3.8) is 0 Å². The zero-order valence-corrected chi connectivity index (χ0v) is 17.2. The topological polar surface area (TPSA) is 38.3 Å². The van der Waals surface area contributed by atoms with Crippen molar-refractivity contribution in [3.05, 3.63) is 53.1 Å². The number of hydrogen-bond acceptors (Lipinski definition) is 2. The molecule has 2 aromatic rings. The van der Waals surface area contributed by atoms with E-state index in [0.29, 0.717) is 17.6 Å². The predicted octanol–water partition coefficient (Wildman–Crippen LogP) is 5.60. The van der Waals surface area contributed by atoms with Crippen LogP contribution in [0.2, 0.25) is 5.02 Å². The van der Waals surface area contributed by atoms with Crippen LogP contribution in [0.1, 0.15) is 25.7 Å². The molecule has 2 bridgehead atoms. The van der Waals surface area contributed by atoms with Crippen LogP contribution in [0, 0.1) is 11.6 Å². The van der Waals surface area contributed by atoms with Crippen LogP contribution in [0.15, 0.2) is 36.4 Å². The fourth-order valence-electron chi connectivity index (χ4n) is 4.79. The van der Waals surface area contributed by atoms with E-state index in [1.165, 1.54) is 30.3 Å². The number of fused-ring (bicyclic) bond motifs is 2. The Kier molecular flexibility index (Phi) is 5.25. The molecule has 2 fully saturated rings. The van der Waals surface area contributed by atoms with Crippen LogP contribution in [-0.2, 0) is 4.74 Å². The van der Waals surface area contributed by atoms with Gasteiger partial charge in [-0.1, -0.05) is 23.7 Å². The largest absolute Gasteiger partial charge is 0.445 e. The zero-order chi connectivity index (χ0) is 20.8. The quantitative estimate of drug-likeness (QED) is 0.655. The molecule has 2 aliphatic heterocycles. The lowest BCUT2D eigenvalue weighted by Gasteiger charge is -2.43. The van der Waals surface area contributed by atoms with E-state index < -0.39 is 17.7 Å². The Morgan fingerprint density at radius 3 is 2.45 bits per heavy atom. The standard InChI is InChI=1S/C22H23ClF2N2O2/c1-27(2)14-7-8-15(27)12-16(11-14)29-22(28)26-20-5-3-4-19(25)21(20)13-6-9-18(24)17(23)10-13/h3-6,9-10,14-16H,7-8,11-12H2,1-2H3/p+1. The number of rotatable bonds is 3. The van der Waals surface area contributed by atoms with Crippen molar-refractivity contribution in [2.24, 2.45) is 0 Å². The normalized spacial score (nSPS) is 24.9. The van der Waals surface area contributed by atoms with Crippen LogP contribution in [0.4, 0.5) is 19.3 Å². The number of halogens is 3. The molecule has 1 N–H and O–H groups in total. The number of nitrogens with zero attached hydrogens (tertiary/aromatic N) is 1. The summed E-state index contributed by atoms with van der Waals surface area (Å²) in [5, 5.41) is 2.55. The van der Waals surface area contributed by atoms with E-state index in [1.807, 2.05) is 0 Å². The minimum Gasteiger partial charge on any atom is -0.445 e. The van der Waals surface area contributed by atoms with Gasteiger partial charge in [-0.25, -0.2) is 13.6 Å². The third-order valence-corrected chi connectivity index (χ3v) is 6.81. The van der Waals surface area contributed by atoms with Gasteiger partial charge in [-0.2, -0.15) is 0 Å². The van der Waals surface area contributed by atoms with Crippen LogP contribution >= 0.6 is 11.6 Å². The number of benzene rings is 2. The third-order valence-electron chi connectivity index (χ3n) is 6.52. The van der Waals surface area contributed by atoms with Crippen molar-refractivity contribution in [3.8, 4) is 11.1 Å². The molecule has 2 atom stereocenters. The highest BCUT2D eigenvalue weighted by atomic mass is 35.5. The number of ether oxygens (including phenoxy) is 1. The lowest BCUT2D eigenvalue weighted by Crippen LogP contribution is -2.56. The average molecular weight is 422 g/mol. The Balaban J connectivity index is 1.51. The monoisotopic (exact) mass is 421 g/mol. The van der Waals surface area contributed by atoms with Gasteiger partial charge >= 0.3 is 6.09 Å². The van der Waals surface area contributed by atoms with E-state index in [1.54, 1.807) is 6.07 Å². The highest BCUT2D eigenvalue weighted by Gasteiger charge is 2.49. The highest BCUT2D eigenvalue weighted by molar-refractivity contribution is 6.31. The lowest BCUT2D eigenvalue weighted by molar-refractivity contribution is -0.931. The number of quaternary nitrogens is 1. The van der Waals surface area contributed by atoms with E-state index in [9.17, 15) is 13.6 Å². The fourth-order valence-corrected chi connectivity index (χ4v) is 4.97. The van der Waals surface area contributed by atoms with Crippen LogP contribution in [0.5, 0.6) is 0 Å². The first kappa shape index (κ1) is 20.1. The summed E-state index contributed by atoms with van der Waals surface area (Å²) in [6.07, 6.45) is 3.22. The molecule has 0 spiro atoms. The van der Waals surface area contributed by atoms with Gasteiger partial charge in [0.15, 0.2) is 0 Å². The van der Waals surface area contributed by atoms with Gasteiger partial charge < -0.3 is 9.22 Å². The molecule has 2 saturated heterocycles. The minimum atomic E-state index is -0.610. The van der Waals surface area contributed by atoms with Crippen molar-refractivity contribution in [2.75, 3.05) is 19.4 Å². The summed E-state index contributed by atoms with van der Waals surface area (Å²) < 4.78 is 34.7. The number of nitrogens with one attached hydrogen (secondary N) is 1. The SMILES string of the molecule is C[N+]1(C)C2CCC1CC(OC(=O)Nc1cccc(F)c1-c1ccc(F)c(Cl)c1)C2. The van der Waals surface area contributed by atoms with Gasteiger partial charge in [0.25, 0.3) is 0 Å².